The predicted octanol–water partition coefficient (Wildman–Crippen LogP) is 5.40. The zero-order valence-electron chi connectivity index (χ0n) is 15.9. The molecule has 0 unspecified atom stereocenters. The molecule has 0 radical (unpaired) electrons. The van der Waals surface area contributed by atoms with Crippen LogP contribution in [0.15, 0.2) is 84.6 Å². The van der Waals surface area contributed by atoms with Gasteiger partial charge in [-0.15, -0.1) is 0 Å². The van der Waals surface area contributed by atoms with Crippen molar-refractivity contribution in [1.29, 1.82) is 0 Å². The number of nitrogens with zero attached hydrogens (tertiary/aromatic N) is 1. The van der Waals surface area contributed by atoms with Gasteiger partial charge < -0.3 is 14.7 Å². The molecule has 1 heterocycles. The van der Waals surface area contributed by atoms with Crippen molar-refractivity contribution in [2.45, 2.75) is 12.6 Å². The fraction of sp³-hybridized carbons (Fsp3) is 0.125. The molecule has 29 heavy (non-hydrogen) atoms. The van der Waals surface area contributed by atoms with Gasteiger partial charge in [0, 0.05) is 16.2 Å². The van der Waals surface area contributed by atoms with E-state index in [2.05, 4.69) is 0 Å². The van der Waals surface area contributed by atoms with Gasteiger partial charge in [-0.3, -0.25) is 4.79 Å². The number of ether oxygens (including phenoxy) is 1. The van der Waals surface area contributed by atoms with E-state index in [1.54, 1.807) is 24.1 Å². The van der Waals surface area contributed by atoms with E-state index in [-0.39, 0.29) is 5.76 Å². The number of methoxy groups -OCH3 is 1. The molecule has 0 aliphatic carbocycles. The highest BCUT2D eigenvalue weighted by Gasteiger charge is 2.41. The first-order valence-electron chi connectivity index (χ1n) is 9.27. The second kappa shape index (κ2) is 8.02. The summed E-state index contributed by atoms with van der Waals surface area (Å²) in [6.45, 7) is 0.302. The number of para-hydroxylation sites is 1. The standard InChI is InChI=1S/C24H20ClNO3/c1-29-20-10-6-5-9-18(20)15-26-22(17-11-13-19(25)14-12-17)21(23(27)24(26)28)16-7-3-2-4-8-16/h2-14,22,27H,15H2,1H3/t22-/m0/s1. The molecule has 5 heteroatoms. The van der Waals surface area contributed by atoms with Crippen molar-refractivity contribution in [3.63, 3.8) is 0 Å². The lowest BCUT2D eigenvalue weighted by atomic mass is 9.93. The summed E-state index contributed by atoms with van der Waals surface area (Å²) in [5.74, 6) is 0.0589. The van der Waals surface area contributed by atoms with E-state index in [9.17, 15) is 9.90 Å². The van der Waals surface area contributed by atoms with Gasteiger partial charge in [0.2, 0.25) is 0 Å². The van der Waals surface area contributed by atoms with Gasteiger partial charge in [-0.2, -0.15) is 0 Å². The average Bonchev–Trinajstić information content (AvgIpc) is 3.00. The van der Waals surface area contributed by atoms with Gasteiger partial charge in [0.25, 0.3) is 5.91 Å². The molecule has 3 aromatic rings. The summed E-state index contributed by atoms with van der Waals surface area (Å²) in [6, 6.07) is 24.0. The molecular formula is C24H20ClNO3. The predicted molar refractivity (Wildman–Crippen MR) is 114 cm³/mol. The molecule has 1 atom stereocenters. The monoisotopic (exact) mass is 405 g/mol. The van der Waals surface area contributed by atoms with E-state index in [0.717, 1.165) is 16.7 Å². The number of benzene rings is 3. The van der Waals surface area contributed by atoms with E-state index < -0.39 is 11.9 Å². The zero-order chi connectivity index (χ0) is 20.4. The molecule has 0 aromatic heterocycles. The molecular weight excluding hydrogens is 386 g/mol. The third kappa shape index (κ3) is 3.59. The Morgan fingerprint density at radius 2 is 1.62 bits per heavy atom. The van der Waals surface area contributed by atoms with Crippen molar-refractivity contribution < 1.29 is 14.6 Å². The number of amides is 1. The molecule has 0 spiro atoms. The summed E-state index contributed by atoms with van der Waals surface area (Å²) in [6.07, 6.45) is 0. The molecule has 4 rings (SSSR count). The number of halogens is 1. The Kier molecular flexibility index (Phi) is 5.28. The topological polar surface area (TPSA) is 49.8 Å². The quantitative estimate of drug-likeness (QED) is 0.618. The first kappa shape index (κ1) is 19.1. The minimum Gasteiger partial charge on any atom is -0.503 e. The van der Waals surface area contributed by atoms with Gasteiger partial charge in [-0.05, 0) is 29.3 Å². The highest BCUT2D eigenvalue weighted by atomic mass is 35.5. The Morgan fingerprint density at radius 3 is 2.31 bits per heavy atom. The largest absolute Gasteiger partial charge is 0.503 e. The maximum absolute atomic E-state index is 13.1. The van der Waals surface area contributed by atoms with Crippen LogP contribution in [0.2, 0.25) is 5.02 Å². The van der Waals surface area contributed by atoms with Crippen LogP contribution >= 0.6 is 11.6 Å². The third-order valence-electron chi connectivity index (χ3n) is 5.11. The first-order chi connectivity index (χ1) is 14.1. The van der Waals surface area contributed by atoms with E-state index in [4.69, 9.17) is 16.3 Å². The molecule has 0 bridgehead atoms. The first-order valence-corrected chi connectivity index (χ1v) is 9.65. The van der Waals surface area contributed by atoms with Crippen molar-refractivity contribution in [1.82, 2.24) is 4.90 Å². The molecule has 4 nitrogen and oxygen atoms in total. The van der Waals surface area contributed by atoms with Gasteiger partial charge >= 0.3 is 0 Å². The maximum Gasteiger partial charge on any atom is 0.290 e. The summed E-state index contributed by atoms with van der Waals surface area (Å²) < 4.78 is 5.45. The summed E-state index contributed by atoms with van der Waals surface area (Å²) in [5, 5.41) is 11.4. The lowest BCUT2D eigenvalue weighted by Gasteiger charge is -2.28. The summed E-state index contributed by atoms with van der Waals surface area (Å²) >= 11 is 6.08. The second-order valence-corrected chi connectivity index (χ2v) is 7.26. The fourth-order valence-electron chi connectivity index (χ4n) is 3.74. The fourth-order valence-corrected chi connectivity index (χ4v) is 3.86. The smallest absolute Gasteiger partial charge is 0.290 e. The number of hydrogen-bond donors (Lipinski definition) is 1. The van der Waals surface area contributed by atoms with Crippen LogP contribution in [-0.2, 0) is 11.3 Å². The highest BCUT2D eigenvalue weighted by Crippen LogP contribution is 2.44. The molecule has 1 aliphatic heterocycles. The van der Waals surface area contributed by atoms with Gasteiger partial charge in [0.1, 0.15) is 5.75 Å². The van der Waals surface area contributed by atoms with Crippen molar-refractivity contribution in [2.75, 3.05) is 7.11 Å². The Balaban J connectivity index is 1.82. The Morgan fingerprint density at radius 1 is 0.966 bits per heavy atom. The van der Waals surface area contributed by atoms with Crippen LogP contribution in [0.3, 0.4) is 0 Å². The average molecular weight is 406 g/mol. The van der Waals surface area contributed by atoms with Gasteiger partial charge in [-0.1, -0.05) is 72.3 Å². The minimum atomic E-state index is -0.438. The van der Waals surface area contributed by atoms with Crippen LogP contribution < -0.4 is 4.74 Å². The third-order valence-corrected chi connectivity index (χ3v) is 5.36. The van der Waals surface area contributed by atoms with Crippen molar-refractivity contribution in [3.8, 4) is 5.75 Å². The molecule has 0 fully saturated rings. The highest BCUT2D eigenvalue weighted by molar-refractivity contribution is 6.30. The number of hydrogen-bond acceptors (Lipinski definition) is 3. The van der Waals surface area contributed by atoms with Crippen LogP contribution in [0.5, 0.6) is 5.75 Å². The Labute approximate surface area is 174 Å². The zero-order valence-corrected chi connectivity index (χ0v) is 16.6. The lowest BCUT2D eigenvalue weighted by Crippen LogP contribution is -2.30. The van der Waals surface area contributed by atoms with Gasteiger partial charge in [-0.25, -0.2) is 0 Å². The number of aliphatic hydroxyl groups excluding tert-OH is 1. The lowest BCUT2D eigenvalue weighted by molar-refractivity contribution is -0.130. The molecule has 0 saturated heterocycles. The number of carbonyl (C=O) groups excluding carboxylic acids is 1. The van der Waals surface area contributed by atoms with Crippen molar-refractivity contribution in [3.05, 3.63) is 106 Å². The summed E-state index contributed by atoms with van der Waals surface area (Å²) in [7, 11) is 1.60. The van der Waals surface area contributed by atoms with E-state index in [1.807, 2.05) is 66.7 Å². The molecule has 146 valence electrons. The molecule has 1 amide bonds. The summed E-state index contributed by atoms with van der Waals surface area (Å²) in [4.78, 5) is 14.8. The van der Waals surface area contributed by atoms with Crippen LogP contribution in [0, 0.1) is 0 Å². The van der Waals surface area contributed by atoms with Crippen molar-refractivity contribution >= 4 is 23.1 Å². The van der Waals surface area contributed by atoms with Crippen LogP contribution in [0.1, 0.15) is 22.7 Å². The van der Waals surface area contributed by atoms with Crippen LogP contribution in [-0.4, -0.2) is 23.0 Å². The summed E-state index contributed by atoms with van der Waals surface area (Å²) in [5.41, 5.74) is 3.14. The number of aliphatic hydroxyl groups is 1. The SMILES string of the molecule is COc1ccccc1CN1C(=O)C(O)=C(c2ccccc2)[C@@H]1c1ccc(Cl)cc1. The molecule has 0 saturated carbocycles. The van der Waals surface area contributed by atoms with Crippen LogP contribution in [0.4, 0.5) is 0 Å². The number of rotatable bonds is 5. The second-order valence-electron chi connectivity index (χ2n) is 6.83. The molecule has 3 aromatic carbocycles. The van der Waals surface area contributed by atoms with Gasteiger partial charge in [0.15, 0.2) is 5.76 Å². The van der Waals surface area contributed by atoms with Crippen LogP contribution in [0.25, 0.3) is 5.57 Å². The Hall–Kier alpha value is -3.24. The van der Waals surface area contributed by atoms with E-state index >= 15 is 0 Å². The minimum absolute atomic E-state index is 0.231. The van der Waals surface area contributed by atoms with Crippen molar-refractivity contribution in [2.24, 2.45) is 0 Å². The number of carbonyl (C=O) groups is 1. The molecule has 1 N–H and O–H groups in total. The molecule has 1 aliphatic rings. The van der Waals surface area contributed by atoms with Gasteiger partial charge in [0.05, 0.1) is 19.7 Å². The van der Waals surface area contributed by atoms with E-state index in [1.165, 1.54) is 0 Å². The normalized spacial score (nSPS) is 16.4. The maximum atomic E-state index is 13.1. The Bertz CT molecular complexity index is 1060. The van der Waals surface area contributed by atoms with E-state index in [0.29, 0.717) is 22.9 Å².